The van der Waals surface area contributed by atoms with Gasteiger partial charge in [-0.1, -0.05) is 12.1 Å². The first-order valence-corrected chi connectivity index (χ1v) is 6.20. The summed E-state index contributed by atoms with van der Waals surface area (Å²) in [6, 6.07) is 4.42. The van der Waals surface area contributed by atoms with E-state index in [1.54, 1.807) is 0 Å². The quantitative estimate of drug-likeness (QED) is 0.759. The molecular weight excluding hydrogens is 297 g/mol. The highest BCUT2D eigenvalue weighted by atomic mass is 19.4. The van der Waals surface area contributed by atoms with Crippen LogP contribution in [0.2, 0.25) is 0 Å². The molecule has 0 amide bonds. The zero-order chi connectivity index (χ0) is 16.0. The molecular formula is C13H16F5NO2. The molecule has 1 aromatic carbocycles. The van der Waals surface area contributed by atoms with Crippen LogP contribution in [0.5, 0.6) is 5.75 Å². The normalized spacial score (nSPS) is 15.0. The maximum Gasteiger partial charge on any atom is 0.390 e. The summed E-state index contributed by atoms with van der Waals surface area (Å²) in [6.07, 6.45) is -6.31. The van der Waals surface area contributed by atoms with Gasteiger partial charge in [0.1, 0.15) is 5.75 Å². The Morgan fingerprint density at radius 3 is 2.24 bits per heavy atom. The standard InChI is InChI=1S/C13H16F5NO2/c1-8(6-13(16,17)18)19-7-11(20)9-2-4-10(5-3-9)21-12(14)15/h2-5,8,11-12,19-20H,6-7H2,1H3. The van der Waals surface area contributed by atoms with Crippen molar-refractivity contribution in [1.29, 1.82) is 0 Å². The Hall–Kier alpha value is -1.41. The fourth-order valence-corrected chi connectivity index (χ4v) is 1.72. The number of aliphatic hydroxyl groups is 1. The van der Waals surface area contributed by atoms with E-state index in [0.29, 0.717) is 5.56 Å². The summed E-state index contributed by atoms with van der Waals surface area (Å²) in [6.45, 7) is -1.66. The Bertz CT molecular complexity index is 422. The lowest BCUT2D eigenvalue weighted by Gasteiger charge is -2.18. The molecule has 0 aliphatic rings. The molecule has 0 heterocycles. The first-order valence-electron chi connectivity index (χ1n) is 6.20. The van der Waals surface area contributed by atoms with Crippen LogP contribution in [0, 0.1) is 0 Å². The van der Waals surface area contributed by atoms with Gasteiger partial charge in [-0.3, -0.25) is 0 Å². The minimum Gasteiger partial charge on any atom is -0.435 e. The topological polar surface area (TPSA) is 41.5 Å². The van der Waals surface area contributed by atoms with Crippen LogP contribution in [-0.2, 0) is 0 Å². The van der Waals surface area contributed by atoms with Crippen LogP contribution in [0.1, 0.15) is 25.0 Å². The predicted octanol–water partition coefficient (Wildman–Crippen LogP) is 3.25. The van der Waals surface area contributed by atoms with Gasteiger partial charge in [0.2, 0.25) is 0 Å². The summed E-state index contributed by atoms with van der Waals surface area (Å²) in [5.74, 6) is -0.0562. The second kappa shape index (κ2) is 7.56. The largest absolute Gasteiger partial charge is 0.435 e. The number of hydrogen-bond acceptors (Lipinski definition) is 3. The molecule has 120 valence electrons. The third-order valence-corrected chi connectivity index (χ3v) is 2.69. The Morgan fingerprint density at radius 2 is 1.76 bits per heavy atom. The third kappa shape index (κ3) is 7.24. The van der Waals surface area contributed by atoms with E-state index in [4.69, 9.17) is 0 Å². The first kappa shape index (κ1) is 17.6. The summed E-state index contributed by atoms with van der Waals surface area (Å²) in [5, 5.41) is 12.4. The minimum atomic E-state index is -4.27. The van der Waals surface area contributed by atoms with Gasteiger partial charge in [-0.2, -0.15) is 22.0 Å². The molecule has 0 saturated heterocycles. The molecule has 2 unspecified atom stereocenters. The molecule has 0 spiro atoms. The summed E-state index contributed by atoms with van der Waals surface area (Å²) in [7, 11) is 0. The summed E-state index contributed by atoms with van der Waals surface area (Å²) in [5.41, 5.74) is 0.392. The molecule has 21 heavy (non-hydrogen) atoms. The van der Waals surface area contributed by atoms with Crippen molar-refractivity contribution >= 4 is 0 Å². The van der Waals surface area contributed by atoms with E-state index in [1.165, 1.54) is 31.2 Å². The summed E-state index contributed by atoms with van der Waals surface area (Å²) < 4.78 is 64.4. The predicted molar refractivity (Wildman–Crippen MR) is 66.2 cm³/mol. The van der Waals surface area contributed by atoms with Crippen molar-refractivity contribution in [2.45, 2.75) is 38.3 Å². The van der Waals surface area contributed by atoms with Gasteiger partial charge in [0, 0.05) is 12.6 Å². The van der Waals surface area contributed by atoms with Gasteiger partial charge >= 0.3 is 12.8 Å². The van der Waals surface area contributed by atoms with Crippen molar-refractivity contribution in [3.8, 4) is 5.75 Å². The van der Waals surface area contributed by atoms with Crippen molar-refractivity contribution < 1.29 is 31.8 Å². The number of rotatable bonds is 7. The van der Waals surface area contributed by atoms with E-state index >= 15 is 0 Å². The molecule has 0 bridgehead atoms. The van der Waals surface area contributed by atoms with Gasteiger partial charge < -0.3 is 15.2 Å². The van der Waals surface area contributed by atoms with E-state index < -0.39 is 31.4 Å². The van der Waals surface area contributed by atoms with E-state index in [1.807, 2.05) is 0 Å². The molecule has 0 aliphatic carbocycles. The average molecular weight is 313 g/mol. The van der Waals surface area contributed by atoms with Gasteiger partial charge in [-0.05, 0) is 24.6 Å². The third-order valence-electron chi connectivity index (χ3n) is 2.69. The molecule has 1 aromatic rings. The number of benzene rings is 1. The van der Waals surface area contributed by atoms with E-state index in [0.717, 1.165) is 0 Å². The molecule has 1 rings (SSSR count). The van der Waals surface area contributed by atoms with Crippen molar-refractivity contribution in [3.63, 3.8) is 0 Å². The lowest BCUT2D eigenvalue weighted by molar-refractivity contribution is -0.139. The van der Waals surface area contributed by atoms with Gasteiger partial charge in [-0.25, -0.2) is 0 Å². The van der Waals surface area contributed by atoms with Crippen LogP contribution < -0.4 is 10.1 Å². The van der Waals surface area contributed by atoms with E-state index in [2.05, 4.69) is 10.1 Å². The van der Waals surface area contributed by atoms with Crippen molar-refractivity contribution in [1.82, 2.24) is 5.32 Å². The van der Waals surface area contributed by atoms with Crippen LogP contribution in [-0.4, -0.2) is 30.5 Å². The van der Waals surface area contributed by atoms with Gasteiger partial charge in [0.05, 0.1) is 12.5 Å². The molecule has 3 nitrogen and oxygen atoms in total. The zero-order valence-electron chi connectivity index (χ0n) is 11.2. The highest BCUT2D eigenvalue weighted by molar-refractivity contribution is 5.28. The molecule has 2 atom stereocenters. The molecule has 0 saturated carbocycles. The smallest absolute Gasteiger partial charge is 0.390 e. The van der Waals surface area contributed by atoms with Crippen molar-refractivity contribution in [2.24, 2.45) is 0 Å². The summed E-state index contributed by atoms with van der Waals surface area (Å²) in [4.78, 5) is 0. The minimum absolute atomic E-state index is 0.0562. The van der Waals surface area contributed by atoms with Crippen LogP contribution in [0.15, 0.2) is 24.3 Å². The van der Waals surface area contributed by atoms with Gasteiger partial charge in [-0.15, -0.1) is 0 Å². The van der Waals surface area contributed by atoms with E-state index in [-0.39, 0.29) is 12.3 Å². The maximum absolute atomic E-state index is 12.1. The Kier molecular flexibility index (Phi) is 6.35. The number of aliphatic hydroxyl groups excluding tert-OH is 1. The average Bonchev–Trinajstić information content (AvgIpc) is 2.34. The highest BCUT2D eigenvalue weighted by Crippen LogP contribution is 2.22. The number of halogens is 5. The van der Waals surface area contributed by atoms with Crippen LogP contribution in [0.4, 0.5) is 22.0 Å². The Labute approximate surface area is 118 Å². The molecule has 0 aromatic heterocycles. The van der Waals surface area contributed by atoms with Crippen LogP contribution in [0.25, 0.3) is 0 Å². The molecule has 2 N–H and O–H groups in total. The number of nitrogens with one attached hydrogen (secondary N) is 1. The fraction of sp³-hybridized carbons (Fsp3) is 0.538. The lowest BCUT2D eigenvalue weighted by atomic mass is 10.1. The van der Waals surface area contributed by atoms with Gasteiger partial charge in [0.25, 0.3) is 0 Å². The monoisotopic (exact) mass is 313 g/mol. The molecule has 8 heteroatoms. The lowest BCUT2D eigenvalue weighted by Crippen LogP contribution is -2.34. The van der Waals surface area contributed by atoms with Crippen molar-refractivity contribution in [3.05, 3.63) is 29.8 Å². The summed E-state index contributed by atoms with van der Waals surface area (Å²) >= 11 is 0. The van der Waals surface area contributed by atoms with Crippen molar-refractivity contribution in [2.75, 3.05) is 6.54 Å². The SMILES string of the molecule is CC(CC(F)(F)F)NCC(O)c1ccc(OC(F)F)cc1. The maximum atomic E-state index is 12.1. The second-order valence-corrected chi connectivity index (χ2v) is 4.59. The fourth-order valence-electron chi connectivity index (χ4n) is 1.72. The number of hydrogen-bond donors (Lipinski definition) is 2. The van der Waals surface area contributed by atoms with E-state index in [9.17, 15) is 27.1 Å². The highest BCUT2D eigenvalue weighted by Gasteiger charge is 2.29. The van der Waals surface area contributed by atoms with Crippen LogP contribution in [0.3, 0.4) is 0 Å². The second-order valence-electron chi connectivity index (χ2n) is 4.59. The Balaban J connectivity index is 2.46. The van der Waals surface area contributed by atoms with Gasteiger partial charge in [0.15, 0.2) is 0 Å². The molecule has 0 aliphatic heterocycles. The Morgan fingerprint density at radius 1 is 1.19 bits per heavy atom. The number of alkyl halides is 5. The number of ether oxygens (including phenoxy) is 1. The molecule has 0 radical (unpaired) electrons. The zero-order valence-corrected chi connectivity index (χ0v) is 11.2. The van der Waals surface area contributed by atoms with Crippen LogP contribution >= 0.6 is 0 Å². The first-order chi connectivity index (χ1) is 9.67. The molecule has 0 fully saturated rings.